The van der Waals surface area contributed by atoms with Gasteiger partial charge in [0, 0.05) is 5.39 Å². The molecule has 0 saturated heterocycles. The number of rotatable bonds is 5. The number of carboxylic acids is 1. The highest BCUT2D eigenvalue weighted by Gasteiger charge is 2.21. The molecule has 0 radical (unpaired) electrons. The normalized spacial score (nSPS) is 11.3. The lowest BCUT2D eigenvalue weighted by Crippen LogP contribution is -2.16. The van der Waals surface area contributed by atoms with Crippen LogP contribution in [-0.4, -0.2) is 19.5 Å². The van der Waals surface area contributed by atoms with E-state index in [1.165, 1.54) is 12.1 Å². The van der Waals surface area contributed by atoms with Gasteiger partial charge in [-0.3, -0.25) is 4.72 Å². The molecule has 5 nitrogen and oxygen atoms in total. The molecular formula is C23H17NO4S. The molecule has 0 amide bonds. The molecule has 0 aromatic heterocycles. The lowest BCUT2D eigenvalue weighted by Gasteiger charge is -2.14. The summed E-state index contributed by atoms with van der Waals surface area (Å²) >= 11 is 0. The van der Waals surface area contributed by atoms with Gasteiger partial charge in [0.25, 0.3) is 10.0 Å². The first-order chi connectivity index (χ1) is 14.0. The summed E-state index contributed by atoms with van der Waals surface area (Å²) in [5.74, 6) is -1.21. The van der Waals surface area contributed by atoms with Crippen molar-refractivity contribution in [2.45, 2.75) is 4.90 Å². The second kappa shape index (κ2) is 7.41. The molecule has 2 N–H and O–H groups in total. The molecule has 0 bridgehead atoms. The number of aromatic carboxylic acids is 1. The summed E-state index contributed by atoms with van der Waals surface area (Å²) in [6.45, 7) is 0. The number of hydrogen-bond acceptors (Lipinski definition) is 3. The Kier molecular flexibility index (Phi) is 4.78. The first-order valence-electron chi connectivity index (χ1n) is 8.89. The Hall–Kier alpha value is -3.64. The molecule has 0 atom stereocenters. The van der Waals surface area contributed by atoms with Crippen LogP contribution in [0.3, 0.4) is 0 Å². The van der Waals surface area contributed by atoms with Crippen molar-refractivity contribution in [1.82, 2.24) is 0 Å². The van der Waals surface area contributed by atoms with Crippen LogP contribution in [-0.2, 0) is 10.0 Å². The smallest absolute Gasteiger partial charge is 0.337 e. The fourth-order valence-corrected chi connectivity index (χ4v) is 4.56. The van der Waals surface area contributed by atoms with Gasteiger partial charge < -0.3 is 5.11 Å². The van der Waals surface area contributed by atoms with E-state index in [-0.39, 0.29) is 16.1 Å². The highest BCUT2D eigenvalue weighted by atomic mass is 32.2. The van der Waals surface area contributed by atoms with Gasteiger partial charge in [-0.1, -0.05) is 72.8 Å². The van der Waals surface area contributed by atoms with Gasteiger partial charge in [-0.15, -0.1) is 0 Å². The van der Waals surface area contributed by atoms with Crippen molar-refractivity contribution in [3.63, 3.8) is 0 Å². The number of hydrogen-bond donors (Lipinski definition) is 2. The maximum atomic E-state index is 13.1. The zero-order chi connectivity index (χ0) is 20.4. The van der Waals surface area contributed by atoms with Gasteiger partial charge in [-0.2, -0.15) is 0 Å². The predicted octanol–water partition coefficient (Wildman–Crippen LogP) is 5.01. The molecule has 0 unspecified atom stereocenters. The Bertz CT molecular complexity index is 1310. The van der Waals surface area contributed by atoms with Gasteiger partial charge in [0.1, 0.15) is 0 Å². The number of sulfonamides is 1. The van der Waals surface area contributed by atoms with E-state index in [0.29, 0.717) is 10.9 Å². The van der Waals surface area contributed by atoms with Crippen molar-refractivity contribution in [2.24, 2.45) is 0 Å². The number of benzene rings is 4. The van der Waals surface area contributed by atoms with Gasteiger partial charge in [0.2, 0.25) is 0 Å². The minimum atomic E-state index is -4.01. The van der Waals surface area contributed by atoms with Crippen molar-refractivity contribution >= 4 is 32.5 Å². The number of carboxylic acid groups (broad SMARTS) is 1. The monoisotopic (exact) mass is 403 g/mol. The third-order valence-corrected chi connectivity index (χ3v) is 6.06. The van der Waals surface area contributed by atoms with E-state index in [2.05, 4.69) is 4.72 Å². The zero-order valence-corrected chi connectivity index (χ0v) is 16.1. The molecule has 0 aliphatic rings. The zero-order valence-electron chi connectivity index (χ0n) is 15.2. The van der Waals surface area contributed by atoms with Gasteiger partial charge in [0.15, 0.2) is 0 Å². The van der Waals surface area contributed by atoms with E-state index in [9.17, 15) is 18.3 Å². The Balaban J connectivity index is 1.82. The molecule has 0 heterocycles. The molecule has 144 valence electrons. The summed E-state index contributed by atoms with van der Waals surface area (Å²) in [5, 5.41) is 10.9. The van der Waals surface area contributed by atoms with Crippen molar-refractivity contribution < 1.29 is 18.3 Å². The van der Waals surface area contributed by atoms with Crippen LogP contribution in [0.15, 0.2) is 95.9 Å². The molecule has 4 aromatic rings. The molecule has 0 saturated carbocycles. The average molecular weight is 403 g/mol. The number of carbonyl (C=O) groups is 1. The summed E-state index contributed by atoms with van der Waals surface area (Å²) in [6, 6.07) is 26.1. The molecule has 0 spiro atoms. The van der Waals surface area contributed by atoms with E-state index in [4.69, 9.17) is 0 Å². The Morgan fingerprint density at radius 2 is 1.45 bits per heavy atom. The van der Waals surface area contributed by atoms with Gasteiger partial charge in [0.05, 0.1) is 16.1 Å². The Morgan fingerprint density at radius 3 is 2.21 bits per heavy atom. The topological polar surface area (TPSA) is 83.5 Å². The molecule has 4 rings (SSSR count). The second-order valence-electron chi connectivity index (χ2n) is 6.51. The maximum absolute atomic E-state index is 13.1. The number of anilines is 1. The van der Waals surface area contributed by atoms with E-state index < -0.39 is 16.0 Å². The molecule has 0 aliphatic heterocycles. The molecule has 6 heteroatoms. The van der Waals surface area contributed by atoms with E-state index >= 15 is 0 Å². The van der Waals surface area contributed by atoms with E-state index in [0.717, 1.165) is 10.9 Å². The largest absolute Gasteiger partial charge is 0.478 e. The van der Waals surface area contributed by atoms with Gasteiger partial charge in [-0.05, 0) is 34.7 Å². The molecular weight excluding hydrogens is 386 g/mol. The fraction of sp³-hybridized carbons (Fsp3) is 0. The van der Waals surface area contributed by atoms with E-state index in [1.54, 1.807) is 30.3 Å². The molecule has 4 aromatic carbocycles. The van der Waals surface area contributed by atoms with Crippen molar-refractivity contribution in [2.75, 3.05) is 4.72 Å². The van der Waals surface area contributed by atoms with Gasteiger partial charge in [-0.25, -0.2) is 13.2 Å². The summed E-state index contributed by atoms with van der Waals surface area (Å²) < 4.78 is 28.7. The molecule has 0 aliphatic carbocycles. The Morgan fingerprint density at radius 1 is 0.759 bits per heavy atom. The average Bonchev–Trinajstić information content (AvgIpc) is 2.73. The third-order valence-electron chi connectivity index (χ3n) is 4.64. The summed E-state index contributed by atoms with van der Waals surface area (Å²) in [6.07, 6.45) is 0. The van der Waals surface area contributed by atoms with Crippen LogP contribution in [0.25, 0.3) is 21.9 Å². The van der Waals surface area contributed by atoms with Crippen molar-refractivity contribution in [3.05, 3.63) is 96.6 Å². The number of nitrogens with one attached hydrogen (secondary N) is 1. The number of fused-ring (bicyclic) bond motifs is 1. The minimum absolute atomic E-state index is 0.0202. The fourth-order valence-electron chi connectivity index (χ4n) is 3.26. The standard InChI is InChI=1S/C23H17NO4S/c25-23(26)20-14-13-18(16-7-2-1-3-8-16)15-21(20)24-29(27,28)22-12-6-10-17-9-4-5-11-19(17)22/h1-15,24H,(H,25,26). The highest BCUT2D eigenvalue weighted by molar-refractivity contribution is 7.93. The van der Waals surface area contributed by atoms with Crippen LogP contribution >= 0.6 is 0 Å². The first kappa shape index (κ1) is 18.7. The van der Waals surface area contributed by atoms with Crippen LogP contribution in [0.5, 0.6) is 0 Å². The Labute approximate surface area is 168 Å². The van der Waals surface area contributed by atoms with Crippen LogP contribution in [0.1, 0.15) is 10.4 Å². The summed E-state index contributed by atoms with van der Waals surface area (Å²) in [5.41, 5.74) is 1.47. The second-order valence-corrected chi connectivity index (χ2v) is 8.17. The van der Waals surface area contributed by atoms with Crippen LogP contribution in [0.2, 0.25) is 0 Å². The summed E-state index contributed by atoms with van der Waals surface area (Å²) in [4.78, 5) is 11.8. The SMILES string of the molecule is O=C(O)c1ccc(-c2ccccc2)cc1NS(=O)(=O)c1cccc2ccccc12. The van der Waals surface area contributed by atoms with E-state index in [1.807, 2.05) is 48.5 Å². The van der Waals surface area contributed by atoms with Crippen LogP contribution < -0.4 is 4.72 Å². The van der Waals surface area contributed by atoms with Crippen LogP contribution in [0, 0.1) is 0 Å². The molecule has 29 heavy (non-hydrogen) atoms. The predicted molar refractivity (Wildman–Crippen MR) is 114 cm³/mol. The van der Waals surface area contributed by atoms with Crippen LogP contribution in [0.4, 0.5) is 5.69 Å². The van der Waals surface area contributed by atoms with Gasteiger partial charge >= 0.3 is 5.97 Å². The minimum Gasteiger partial charge on any atom is -0.478 e. The van der Waals surface area contributed by atoms with Crippen molar-refractivity contribution in [1.29, 1.82) is 0 Å². The first-order valence-corrected chi connectivity index (χ1v) is 10.4. The quantitative estimate of drug-likeness (QED) is 0.491. The lowest BCUT2D eigenvalue weighted by atomic mass is 10.0. The highest BCUT2D eigenvalue weighted by Crippen LogP contribution is 2.29. The molecule has 0 fully saturated rings. The van der Waals surface area contributed by atoms with Crippen molar-refractivity contribution in [3.8, 4) is 11.1 Å². The summed E-state index contributed by atoms with van der Waals surface area (Å²) in [7, 11) is -4.01. The third kappa shape index (κ3) is 3.70. The maximum Gasteiger partial charge on any atom is 0.337 e. The lowest BCUT2D eigenvalue weighted by molar-refractivity contribution is 0.0698.